The van der Waals surface area contributed by atoms with Gasteiger partial charge in [0.1, 0.15) is 18.5 Å². The number of carbonyl (C=O) groups is 1. The summed E-state index contributed by atoms with van der Waals surface area (Å²) in [6, 6.07) is 19.7. The molecule has 0 aliphatic carbocycles. The Kier molecular flexibility index (Phi) is 12.2. The Labute approximate surface area is 276 Å². The minimum Gasteiger partial charge on any atom is -0.446 e. The average Bonchev–Trinajstić information content (AvgIpc) is 3.37. The number of hydrogen-bond donors (Lipinski definition) is 2. The number of nitrogens with one attached hydrogen (secondary N) is 1. The minimum absolute atomic E-state index is 0.0464. The van der Waals surface area contributed by atoms with Crippen LogP contribution >= 0.6 is 0 Å². The summed E-state index contributed by atoms with van der Waals surface area (Å²) in [5.74, 6) is 6.08. The number of hydrogen-bond acceptors (Lipinski definition) is 5. The van der Waals surface area contributed by atoms with Crippen molar-refractivity contribution in [1.82, 2.24) is 15.0 Å². The van der Waals surface area contributed by atoms with Crippen LogP contribution in [0.15, 0.2) is 60.8 Å². The predicted octanol–water partition coefficient (Wildman–Crippen LogP) is 8.46. The van der Waals surface area contributed by atoms with Crippen molar-refractivity contribution >= 4 is 16.7 Å². The first-order chi connectivity index (χ1) is 22.1. The van der Waals surface area contributed by atoms with Crippen molar-refractivity contribution in [1.29, 1.82) is 0 Å². The Hall–Kier alpha value is -3.92. The van der Waals surface area contributed by atoms with E-state index in [2.05, 4.69) is 105 Å². The number of Topliss-reactive ketones (excluding diaryl/α,β-unsaturated/α-hetero) is 1. The summed E-state index contributed by atoms with van der Waals surface area (Å²) in [4.78, 5) is 17.7. The van der Waals surface area contributed by atoms with Crippen LogP contribution in [0.1, 0.15) is 90.0 Å². The molecule has 0 aliphatic rings. The third kappa shape index (κ3) is 8.26. The highest BCUT2D eigenvalue weighted by Gasteiger charge is 2.28. The standard InChI is InChI=1S/C40H52N4O2/c1-8-28(4)38-33(17-13-22-42-38)39-35(26-40(6,7)27-46-10-3)34-25-32(19-20-36(34)44(39)9-2)31-16-11-15-30(24-31)18-21-37(45)29(5)14-12-23-43-41/h3,11,13,15-17,19-20,22,24-25,28-29,43H,8-9,12,14,18,21,23,26-27,41H2,1-2,4-7H3. The van der Waals surface area contributed by atoms with Gasteiger partial charge in [-0.25, -0.2) is 0 Å². The van der Waals surface area contributed by atoms with Crippen LogP contribution in [0.5, 0.6) is 0 Å². The first-order valence-corrected chi connectivity index (χ1v) is 16.9. The fourth-order valence-corrected chi connectivity index (χ4v) is 6.48. The number of ether oxygens (including phenoxy) is 1. The normalized spacial score (nSPS) is 13.0. The van der Waals surface area contributed by atoms with E-state index in [0.717, 1.165) is 62.0 Å². The molecule has 2 atom stereocenters. The fourth-order valence-electron chi connectivity index (χ4n) is 6.48. The first-order valence-electron chi connectivity index (χ1n) is 16.9. The Balaban J connectivity index is 1.78. The monoisotopic (exact) mass is 620 g/mol. The molecule has 0 saturated carbocycles. The van der Waals surface area contributed by atoms with E-state index in [4.69, 9.17) is 22.0 Å². The van der Waals surface area contributed by atoms with Crippen LogP contribution in [0.4, 0.5) is 0 Å². The number of pyridine rings is 1. The molecule has 2 heterocycles. The second kappa shape index (κ2) is 16.1. The van der Waals surface area contributed by atoms with Gasteiger partial charge in [-0.15, -0.1) is 0 Å². The van der Waals surface area contributed by atoms with Crippen molar-refractivity contribution in [2.75, 3.05) is 13.2 Å². The summed E-state index contributed by atoms with van der Waals surface area (Å²) in [5, 5.41) is 1.24. The largest absolute Gasteiger partial charge is 0.446 e. The third-order valence-electron chi connectivity index (χ3n) is 9.29. The minimum atomic E-state index is -0.187. The first kappa shape index (κ1) is 34.9. The van der Waals surface area contributed by atoms with E-state index >= 15 is 0 Å². The van der Waals surface area contributed by atoms with Crippen LogP contribution in [0.3, 0.4) is 0 Å². The van der Waals surface area contributed by atoms with E-state index in [1.165, 1.54) is 33.3 Å². The maximum Gasteiger partial charge on any atom is 0.136 e. The van der Waals surface area contributed by atoms with E-state index in [9.17, 15) is 4.79 Å². The maximum atomic E-state index is 12.8. The van der Waals surface area contributed by atoms with Gasteiger partial charge in [0.25, 0.3) is 0 Å². The molecule has 6 heteroatoms. The molecule has 2 aromatic heterocycles. The van der Waals surface area contributed by atoms with Crippen molar-refractivity contribution in [2.45, 2.75) is 92.5 Å². The summed E-state index contributed by atoms with van der Waals surface area (Å²) in [7, 11) is 0. The van der Waals surface area contributed by atoms with E-state index < -0.39 is 0 Å². The zero-order chi connectivity index (χ0) is 33.3. The Bertz CT molecular complexity index is 1660. The van der Waals surface area contributed by atoms with Crippen molar-refractivity contribution in [2.24, 2.45) is 17.2 Å². The Morgan fingerprint density at radius 1 is 1.11 bits per heavy atom. The van der Waals surface area contributed by atoms with Gasteiger partial charge in [0.15, 0.2) is 0 Å². The van der Waals surface area contributed by atoms with Crippen molar-refractivity contribution in [3.63, 3.8) is 0 Å². The molecule has 244 valence electrons. The molecule has 6 nitrogen and oxygen atoms in total. The van der Waals surface area contributed by atoms with Gasteiger partial charge in [0.05, 0.1) is 11.4 Å². The summed E-state index contributed by atoms with van der Waals surface area (Å²) < 4.78 is 7.95. The molecular formula is C40H52N4O2. The summed E-state index contributed by atoms with van der Waals surface area (Å²) in [6.07, 6.45) is 14.6. The molecule has 0 fully saturated rings. The number of aromatic nitrogens is 2. The molecule has 0 aliphatic heterocycles. The maximum absolute atomic E-state index is 12.8. The molecule has 46 heavy (non-hydrogen) atoms. The molecular weight excluding hydrogens is 568 g/mol. The van der Waals surface area contributed by atoms with E-state index in [0.29, 0.717) is 24.7 Å². The van der Waals surface area contributed by atoms with Crippen LogP contribution in [-0.4, -0.2) is 28.5 Å². The van der Waals surface area contributed by atoms with Crippen molar-refractivity contribution < 1.29 is 9.53 Å². The van der Waals surface area contributed by atoms with Gasteiger partial charge in [0, 0.05) is 53.5 Å². The molecule has 2 aromatic carbocycles. The van der Waals surface area contributed by atoms with Gasteiger partial charge in [-0.2, -0.15) is 0 Å². The molecule has 0 spiro atoms. The number of rotatable bonds is 17. The smallest absolute Gasteiger partial charge is 0.136 e. The average molecular weight is 621 g/mol. The van der Waals surface area contributed by atoms with Crippen molar-refractivity contribution in [3.05, 3.63) is 77.6 Å². The lowest BCUT2D eigenvalue weighted by atomic mass is 9.83. The molecule has 3 N–H and O–H groups in total. The van der Waals surface area contributed by atoms with Gasteiger partial charge in [-0.1, -0.05) is 71.4 Å². The fraction of sp³-hybridized carbons (Fsp3) is 0.450. The molecule has 4 aromatic rings. The number of nitrogens with two attached hydrogens (primary N) is 1. The van der Waals surface area contributed by atoms with E-state index in [1.54, 1.807) is 0 Å². The van der Waals surface area contributed by atoms with Gasteiger partial charge in [0.2, 0.25) is 0 Å². The second-order valence-electron chi connectivity index (χ2n) is 13.5. The molecule has 0 radical (unpaired) electrons. The zero-order valence-corrected chi connectivity index (χ0v) is 28.7. The molecule has 4 rings (SSSR count). The third-order valence-corrected chi connectivity index (χ3v) is 9.29. The molecule has 0 bridgehead atoms. The predicted molar refractivity (Wildman–Crippen MR) is 191 cm³/mol. The van der Waals surface area contributed by atoms with Crippen LogP contribution < -0.4 is 11.3 Å². The number of ketones is 1. The second-order valence-corrected chi connectivity index (χ2v) is 13.5. The van der Waals surface area contributed by atoms with Crippen LogP contribution in [0, 0.1) is 23.9 Å². The van der Waals surface area contributed by atoms with E-state index in [-0.39, 0.29) is 11.3 Å². The number of terminal acetylenes is 1. The number of hydrazine groups is 1. The summed E-state index contributed by atoms with van der Waals surface area (Å²) in [5.41, 5.74) is 12.0. The van der Waals surface area contributed by atoms with Gasteiger partial charge >= 0.3 is 0 Å². The Morgan fingerprint density at radius 3 is 2.61 bits per heavy atom. The summed E-state index contributed by atoms with van der Waals surface area (Å²) in [6.45, 7) is 15.2. The van der Waals surface area contributed by atoms with Crippen LogP contribution in [-0.2, 0) is 28.9 Å². The van der Waals surface area contributed by atoms with Gasteiger partial charge in [-0.05, 0) is 91.5 Å². The topological polar surface area (TPSA) is 82.2 Å². The highest BCUT2D eigenvalue weighted by atomic mass is 16.5. The summed E-state index contributed by atoms with van der Waals surface area (Å²) >= 11 is 0. The number of fused-ring (bicyclic) bond motifs is 1. The van der Waals surface area contributed by atoms with Gasteiger partial charge in [-0.3, -0.25) is 21.0 Å². The molecule has 0 amide bonds. The van der Waals surface area contributed by atoms with E-state index in [1.807, 2.05) is 13.1 Å². The van der Waals surface area contributed by atoms with Gasteiger partial charge < -0.3 is 9.30 Å². The number of nitrogens with zero attached hydrogens (tertiary/aromatic N) is 2. The Morgan fingerprint density at radius 2 is 1.89 bits per heavy atom. The number of benzene rings is 2. The SMILES string of the molecule is C#COCC(C)(C)Cc1c(-c2cccnc2C(C)CC)n(CC)c2ccc(-c3cccc(CCC(=O)C(C)CCCNN)c3)cc12. The van der Waals surface area contributed by atoms with Crippen LogP contribution in [0.25, 0.3) is 33.3 Å². The number of aryl methyl sites for hydroxylation is 2. The lowest BCUT2D eigenvalue weighted by Gasteiger charge is -2.24. The highest BCUT2D eigenvalue weighted by Crippen LogP contribution is 2.42. The van der Waals surface area contributed by atoms with Crippen molar-refractivity contribution in [3.8, 4) is 34.9 Å². The lowest BCUT2D eigenvalue weighted by molar-refractivity contribution is -0.122. The zero-order valence-electron chi connectivity index (χ0n) is 28.7. The van der Waals surface area contributed by atoms with Crippen LogP contribution in [0.2, 0.25) is 0 Å². The molecule has 0 saturated heterocycles. The lowest BCUT2D eigenvalue weighted by Crippen LogP contribution is -2.24. The quantitative estimate of drug-likeness (QED) is 0.0536. The number of carbonyl (C=O) groups excluding carboxylic acids is 1. The highest BCUT2D eigenvalue weighted by molar-refractivity contribution is 5.95. The molecule has 2 unspecified atom stereocenters.